The first kappa shape index (κ1) is 15.3. The minimum absolute atomic E-state index is 0.0453. The van der Waals surface area contributed by atoms with E-state index in [1.807, 2.05) is 26.2 Å². The lowest BCUT2D eigenvalue weighted by Gasteiger charge is -2.12. The lowest BCUT2D eigenvalue weighted by molar-refractivity contribution is 0.318. The van der Waals surface area contributed by atoms with E-state index in [2.05, 4.69) is 15.4 Å². The molecule has 1 aromatic carbocycles. The van der Waals surface area contributed by atoms with Gasteiger partial charge in [0.15, 0.2) is 5.84 Å². The Morgan fingerprint density at radius 3 is 2.79 bits per heavy atom. The van der Waals surface area contributed by atoms with Gasteiger partial charge >= 0.3 is 0 Å². The Kier molecular flexibility index (Phi) is 6.11. The van der Waals surface area contributed by atoms with Crippen LogP contribution in [0.15, 0.2) is 23.4 Å². The van der Waals surface area contributed by atoms with Gasteiger partial charge in [-0.1, -0.05) is 11.2 Å². The molecule has 0 fully saturated rings. The molecule has 1 aromatic rings. The van der Waals surface area contributed by atoms with Crippen molar-refractivity contribution in [2.24, 2.45) is 10.9 Å². The summed E-state index contributed by atoms with van der Waals surface area (Å²) < 4.78 is 5.25. The van der Waals surface area contributed by atoms with Gasteiger partial charge in [-0.25, -0.2) is 0 Å². The summed E-state index contributed by atoms with van der Waals surface area (Å²) in [5.41, 5.74) is 7.25. The van der Waals surface area contributed by atoms with E-state index in [1.165, 1.54) is 0 Å². The quantitative estimate of drug-likeness (QED) is 0.219. The van der Waals surface area contributed by atoms with Crippen LogP contribution >= 0.6 is 0 Å². The molecule has 0 amide bonds. The fourth-order valence-corrected chi connectivity index (χ4v) is 1.65. The SMILES string of the molecule is COc1cc(CNCCN(C)C)ccc1/C(N)=N/O. The molecule has 1 rings (SSSR count). The number of amidine groups is 1. The van der Waals surface area contributed by atoms with Gasteiger partial charge in [0.25, 0.3) is 0 Å². The molecule has 106 valence electrons. The number of hydrogen-bond donors (Lipinski definition) is 3. The third-order valence-corrected chi connectivity index (χ3v) is 2.71. The predicted octanol–water partition coefficient (Wildman–Crippen LogP) is 0.441. The van der Waals surface area contributed by atoms with Crippen molar-refractivity contribution in [1.82, 2.24) is 10.2 Å². The van der Waals surface area contributed by atoms with Crippen molar-refractivity contribution in [2.45, 2.75) is 6.54 Å². The van der Waals surface area contributed by atoms with Crippen LogP contribution in [0.5, 0.6) is 5.75 Å². The van der Waals surface area contributed by atoms with Crippen LogP contribution in [-0.4, -0.2) is 50.2 Å². The number of rotatable bonds is 7. The predicted molar refractivity (Wildman–Crippen MR) is 75.8 cm³/mol. The van der Waals surface area contributed by atoms with Crippen LogP contribution in [0, 0.1) is 0 Å². The zero-order chi connectivity index (χ0) is 14.3. The van der Waals surface area contributed by atoms with E-state index in [9.17, 15) is 0 Å². The van der Waals surface area contributed by atoms with Gasteiger partial charge in [-0.3, -0.25) is 0 Å². The van der Waals surface area contributed by atoms with Gasteiger partial charge in [0.05, 0.1) is 12.7 Å². The number of nitrogens with two attached hydrogens (primary N) is 1. The van der Waals surface area contributed by atoms with Gasteiger partial charge in [0, 0.05) is 19.6 Å². The molecule has 0 aliphatic carbocycles. The van der Waals surface area contributed by atoms with Crippen molar-refractivity contribution < 1.29 is 9.94 Å². The molecule has 0 aliphatic heterocycles. The monoisotopic (exact) mass is 266 g/mol. The van der Waals surface area contributed by atoms with Gasteiger partial charge in [0.1, 0.15) is 5.75 Å². The van der Waals surface area contributed by atoms with Crippen molar-refractivity contribution in [3.8, 4) is 5.75 Å². The van der Waals surface area contributed by atoms with Crippen LogP contribution in [0.4, 0.5) is 0 Å². The number of ether oxygens (including phenoxy) is 1. The Hall–Kier alpha value is -1.79. The summed E-state index contributed by atoms with van der Waals surface area (Å²) in [6, 6.07) is 5.60. The maximum absolute atomic E-state index is 8.69. The van der Waals surface area contributed by atoms with Crippen molar-refractivity contribution in [1.29, 1.82) is 0 Å². The largest absolute Gasteiger partial charge is 0.496 e. The molecule has 0 spiro atoms. The number of oxime groups is 1. The Balaban J connectivity index is 2.67. The maximum Gasteiger partial charge on any atom is 0.173 e. The van der Waals surface area contributed by atoms with Gasteiger partial charge in [-0.05, 0) is 31.8 Å². The fraction of sp³-hybridized carbons (Fsp3) is 0.462. The zero-order valence-electron chi connectivity index (χ0n) is 11.7. The molecule has 0 saturated carbocycles. The Morgan fingerprint density at radius 1 is 1.47 bits per heavy atom. The van der Waals surface area contributed by atoms with Gasteiger partial charge < -0.3 is 25.9 Å². The summed E-state index contributed by atoms with van der Waals surface area (Å²) >= 11 is 0. The molecule has 19 heavy (non-hydrogen) atoms. The topological polar surface area (TPSA) is 83.1 Å². The van der Waals surface area contributed by atoms with E-state index in [1.54, 1.807) is 13.2 Å². The molecule has 0 heterocycles. The summed E-state index contributed by atoms with van der Waals surface area (Å²) in [4.78, 5) is 2.12. The molecule has 0 radical (unpaired) electrons. The van der Waals surface area contributed by atoms with E-state index in [0.717, 1.165) is 25.2 Å². The highest BCUT2D eigenvalue weighted by molar-refractivity contribution is 5.99. The van der Waals surface area contributed by atoms with Crippen molar-refractivity contribution >= 4 is 5.84 Å². The molecule has 0 saturated heterocycles. The minimum Gasteiger partial charge on any atom is -0.496 e. The molecule has 0 unspecified atom stereocenters. The first-order valence-corrected chi connectivity index (χ1v) is 6.08. The number of hydrogen-bond acceptors (Lipinski definition) is 5. The number of benzene rings is 1. The lowest BCUT2D eigenvalue weighted by atomic mass is 10.1. The number of nitrogens with zero attached hydrogens (tertiary/aromatic N) is 2. The second-order valence-electron chi connectivity index (χ2n) is 4.50. The van der Waals surface area contributed by atoms with E-state index in [4.69, 9.17) is 15.7 Å². The second-order valence-corrected chi connectivity index (χ2v) is 4.50. The molecular weight excluding hydrogens is 244 g/mol. The van der Waals surface area contributed by atoms with Gasteiger partial charge in [-0.15, -0.1) is 0 Å². The van der Waals surface area contributed by atoms with Crippen molar-refractivity contribution in [3.05, 3.63) is 29.3 Å². The molecule has 4 N–H and O–H groups in total. The molecule has 6 nitrogen and oxygen atoms in total. The molecule has 0 bridgehead atoms. The van der Waals surface area contributed by atoms with Gasteiger partial charge in [-0.2, -0.15) is 0 Å². The standard InChI is InChI=1S/C13H22N4O2/c1-17(2)7-6-15-9-10-4-5-11(13(14)16-18)12(8-10)19-3/h4-5,8,15,18H,6-7,9H2,1-3H3,(H2,14,16). The summed E-state index contributed by atoms with van der Waals surface area (Å²) in [6.07, 6.45) is 0. The maximum atomic E-state index is 8.69. The summed E-state index contributed by atoms with van der Waals surface area (Å²) in [5, 5.41) is 15.0. The third-order valence-electron chi connectivity index (χ3n) is 2.71. The van der Waals surface area contributed by atoms with E-state index < -0.39 is 0 Å². The molecule has 0 aromatic heterocycles. The average Bonchev–Trinajstić information content (AvgIpc) is 2.42. The first-order valence-electron chi connectivity index (χ1n) is 6.08. The van der Waals surface area contributed by atoms with Crippen LogP contribution in [0.2, 0.25) is 0 Å². The second kappa shape index (κ2) is 7.60. The lowest BCUT2D eigenvalue weighted by Crippen LogP contribution is -2.26. The fourth-order valence-electron chi connectivity index (χ4n) is 1.65. The Bertz CT molecular complexity index is 433. The molecule has 0 aliphatic rings. The number of nitrogens with one attached hydrogen (secondary N) is 1. The molecule has 6 heteroatoms. The first-order chi connectivity index (χ1) is 9.08. The van der Waals surface area contributed by atoms with Crippen LogP contribution in [0.1, 0.15) is 11.1 Å². The summed E-state index contributed by atoms with van der Waals surface area (Å²) in [5.74, 6) is 0.645. The normalized spacial score (nSPS) is 11.9. The highest BCUT2D eigenvalue weighted by Crippen LogP contribution is 2.19. The van der Waals surface area contributed by atoms with E-state index >= 15 is 0 Å². The van der Waals surface area contributed by atoms with Crippen LogP contribution in [-0.2, 0) is 6.54 Å². The summed E-state index contributed by atoms with van der Waals surface area (Å²) in [7, 11) is 5.64. The van der Waals surface area contributed by atoms with Crippen LogP contribution in [0.3, 0.4) is 0 Å². The van der Waals surface area contributed by atoms with E-state index in [-0.39, 0.29) is 5.84 Å². The smallest absolute Gasteiger partial charge is 0.173 e. The number of methoxy groups -OCH3 is 1. The zero-order valence-corrected chi connectivity index (χ0v) is 11.7. The number of likely N-dealkylation sites (N-methyl/N-ethyl adjacent to an activating group) is 1. The molecular formula is C13H22N4O2. The Morgan fingerprint density at radius 2 is 2.21 bits per heavy atom. The highest BCUT2D eigenvalue weighted by Gasteiger charge is 2.08. The van der Waals surface area contributed by atoms with Crippen LogP contribution in [0.25, 0.3) is 0 Å². The Labute approximate surface area is 113 Å². The summed E-state index contributed by atoms with van der Waals surface area (Å²) in [6.45, 7) is 2.65. The van der Waals surface area contributed by atoms with Gasteiger partial charge in [0.2, 0.25) is 0 Å². The highest BCUT2D eigenvalue weighted by atomic mass is 16.5. The average molecular weight is 266 g/mol. The van der Waals surface area contributed by atoms with Crippen molar-refractivity contribution in [2.75, 3.05) is 34.3 Å². The third kappa shape index (κ3) is 4.76. The minimum atomic E-state index is 0.0453. The molecule has 0 atom stereocenters. The van der Waals surface area contributed by atoms with E-state index in [0.29, 0.717) is 11.3 Å². The van der Waals surface area contributed by atoms with Crippen molar-refractivity contribution in [3.63, 3.8) is 0 Å². The van der Waals surface area contributed by atoms with Crippen LogP contribution < -0.4 is 15.8 Å².